The molecule has 0 fully saturated rings. The Hall–Kier alpha value is 1.33. The summed E-state index contributed by atoms with van der Waals surface area (Å²) in [5.41, 5.74) is 1.51. The molecule has 0 saturated carbocycles. The van der Waals surface area contributed by atoms with E-state index in [2.05, 4.69) is 60.0 Å². The van der Waals surface area contributed by atoms with Crippen molar-refractivity contribution in [1.82, 2.24) is 5.06 Å². The molecule has 0 aliphatic heterocycles. The molecule has 1 aromatic rings. The molecule has 0 aromatic heterocycles. The number of halogens is 3. The van der Waals surface area contributed by atoms with E-state index < -0.39 is 0 Å². The van der Waals surface area contributed by atoms with Gasteiger partial charge in [-0.1, -0.05) is 15.9 Å². The fraction of sp³-hybridized carbons (Fsp3) is 0.300. The van der Waals surface area contributed by atoms with Crippen LogP contribution in [-0.4, -0.2) is 25.1 Å². The third-order valence-electron chi connectivity index (χ3n) is 2.18. The van der Waals surface area contributed by atoms with Gasteiger partial charge in [-0.3, -0.25) is 9.63 Å². The molecule has 19 heavy (non-hydrogen) atoms. The van der Waals surface area contributed by atoms with Gasteiger partial charge in [-0.05, 0) is 67.8 Å². The lowest BCUT2D eigenvalue weighted by Crippen LogP contribution is -2.25. The largest absolute Gasteiger partial charge is 0.305 e. The molecule has 1 aromatic carbocycles. The van der Waals surface area contributed by atoms with Gasteiger partial charge < -0.3 is 4.18 Å². The average Bonchev–Trinajstić information content (AvgIpc) is 2.38. The van der Waals surface area contributed by atoms with Crippen molar-refractivity contribution >= 4 is 80.0 Å². The first-order chi connectivity index (χ1) is 8.95. The number of nitrogens with zero attached hydrogens (tertiary/aromatic N) is 1. The topological polar surface area (TPSA) is 38.8 Å². The van der Waals surface area contributed by atoms with Crippen molar-refractivity contribution in [1.29, 1.82) is 0 Å². The van der Waals surface area contributed by atoms with E-state index in [4.69, 9.17) is 9.02 Å². The number of amides is 1. The Balaban J connectivity index is 2.79. The van der Waals surface area contributed by atoms with Crippen molar-refractivity contribution in [3.8, 4) is 0 Å². The van der Waals surface area contributed by atoms with Crippen LogP contribution in [0.3, 0.4) is 0 Å². The van der Waals surface area contributed by atoms with E-state index in [0.29, 0.717) is 12.2 Å². The summed E-state index contributed by atoms with van der Waals surface area (Å²) in [5.74, 6) is -0.186. The van der Waals surface area contributed by atoms with Gasteiger partial charge in [-0.25, -0.2) is 5.06 Å². The van der Waals surface area contributed by atoms with Crippen LogP contribution in [0.2, 0.25) is 0 Å². The summed E-state index contributed by atoms with van der Waals surface area (Å²) in [6.07, 6.45) is 0. The molecule has 0 radical (unpaired) electrons. The van der Waals surface area contributed by atoms with E-state index >= 15 is 0 Å². The molecule has 0 atom stereocenters. The lowest BCUT2D eigenvalue weighted by molar-refractivity contribution is -0.0757. The summed E-state index contributed by atoms with van der Waals surface area (Å²) < 4.78 is 6.24. The molecule has 9 heteroatoms. The second-order valence-corrected chi connectivity index (χ2v) is 21.8. The van der Waals surface area contributed by atoms with Crippen molar-refractivity contribution in [3.05, 3.63) is 33.8 Å². The number of carbonyl (C=O) groups excluding carboxylic acids is 1. The van der Waals surface area contributed by atoms with Crippen LogP contribution >= 0.6 is 74.1 Å². The minimum atomic E-state index is -0.215. The number of hydrogen-bond acceptors (Lipinski definition) is 4. The van der Waals surface area contributed by atoms with Crippen molar-refractivity contribution < 1.29 is 13.8 Å². The highest BCUT2D eigenvalue weighted by atomic mass is 127. The molecule has 0 aliphatic carbocycles. The first-order valence-electron chi connectivity index (χ1n) is 4.97. The van der Waals surface area contributed by atoms with Gasteiger partial charge in [0.1, 0.15) is 2.41 Å². The van der Waals surface area contributed by atoms with Crippen molar-refractivity contribution in [2.24, 2.45) is 0 Å². The van der Waals surface area contributed by atoms with Gasteiger partial charge in [0.05, 0.1) is 13.7 Å². The Kier molecular flexibility index (Phi) is 9.06. The van der Waals surface area contributed by atoms with E-state index in [1.807, 2.05) is 12.1 Å². The van der Waals surface area contributed by atoms with Crippen LogP contribution in [-0.2, 0) is 15.6 Å². The summed E-state index contributed by atoms with van der Waals surface area (Å²) in [6.45, 7) is 0.452. The zero-order chi connectivity index (χ0) is 14.4. The molecule has 0 bridgehead atoms. The minimum Gasteiger partial charge on any atom is -0.305 e. The van der Waals surface area contributed by atoms with Crippen LogP contribution in [0, 0.1) is 0 Å². The smallest absolute Gasteiger partial charge is 0.277 e. The Morgan fingerprint density at radius 3 is 2.79 bits per heavy atom. The number of benzene rings is 1. The first-order valence-corrected chi connectivity index (χ1v) is 14.0. The zero-order valence-corrected chi connectivity index (χ0v) is 17.7. The second-order valence-electron chi connectivity index (χ2n) is 3.33. The second kappa shape index (κ2) is 9.37. The van der Waals surface area contributed by atoms with Gasteiger partial charge >= 0.3 is 0 Å². The van der Waals surface area contributed by atoms with Gasteiger partial charge in [0.15, 0.2) is 0 Å². The van der Waals surface area contributed by atoms with E-state index in [1.165, 1.54) is 23.8 Å². The van der Waals surface area contributed by atoms with Crippen LogP contribution in [0.4, 0.5) is 0 Å². The molecule has 0 heterocycles. The monoisotopic (exact) mass is 589 g/mol. The number of hydroxylamine groups is 2. The standard InChI is InChI=1S/C10H11BrI2NO3PS/c1-14(16-2)10(15)7-3-4-9(11)8(5-7)6-17-19-18(12)13/h3-5H,6H2,1-2H3. The van der Waals surface area contributed by atoms with Gasteiger partial charge in [-0.15, -0.1) is 0 Å². The molecular weight excluding hydrogens is 579 g/mol. The number of rotatable bonds is 6. The number of hydrogen-bond donors (Lipinski definition) is 0. The van der Waals surface area contributed by atoms with Crippen LogP contribution in [0.25, 0.3) is 0 Å². The molecular formula is C10H11BrI2NO3PS. The normalized spacial score (nSPS) is 10.8. The highest BCUT2D eigenvalue weighted by molar-refractivity contribution is 14.3. The first kappa shape index (κ1) is 18.4. The fourth-order valence-electron chi connectivity index (χ4n) is 1.21. The van der Waals surface area contributed by atoms with E-state index in [9.17, 15) is 4.79 Å². The van der Waals surface area contributed by atoms with Crippen LogP contribution in [0.1, 0.15) is 15.9 Å². The van der Waals surface area contributed by atoms with E-state index in [-0.39, 0.29) is 8.32 Å². The van der Waals surface area contributed by atoms with Gasteiger partial charge in [0.25, 0.3) is 5.91 Å². The molecule has 0 saturated heterocycles. The van der Waals surface area contributed by atoms with Crippen LogP contribution in [0.5, 0.6) is 0 Å². The molecule has 0 unspecified atom stereocenters. The third-order valence-corrected chi connectivity index (χ3v) is 6.83. The van der Waals surface area contributed by atoms with Gasteiger partial charge in [-0.2, -0.15) is 0 Å². The van der Waals surface area contributed by atoms with Gasteiger partial charge in [0, 0.05) is 28.7 Å². The molecule has 0 spiro atoms. The Labute approximate surface area is 152 Å². The van der Waals surface area contributed by atoms with Crippen molar-refractivity contribution in [3.63, 3.8) is 0 Å². The lowest BCUT2D eigenvalue weighted by atomic mass is 10.1. The summed E-state index contributed by atoms with van der Waals surface area (Å²) in [7, 11) is 3.04. The maximum atomic E-state index is 12.0. The molecule has 106 valence electrons. The Bertz CT molecular complexity index is 453. The number of carbonyl (C=O) groups is 1. The average molecular weight is 590 g/mol. The van der Waals surface area contributed by atoms with Crippen molar-refractivity contribution in [2.45, 2.75) is 6.61 Å². The predicted molar refractivity (Wildman–Crippen MR) is 101 cm³/mol. The van der Waals surface area contributed by atoms with Crippen LogP contribution < -0.4 is 0 Å². The summed E-state index contributed by atoms with van der Waals surface area (Å²) in [4.78, 5) is 16.8. The lowest BCUT2D eigenvalue weighted by Gasteiger charge is -2.14. The summed E-state index contributed by atoms with van der Waals surface area (Å²) in [5, 5.41) is 1.19. The quantitative estimate of drug-likeness (QED) is 0.194. The molecule has 4 nitrogen and oxygen atoms in total. The predicted octanol–water partition coefficient (Wildman–Crippen LogP) is 5.34. The molecule has 0 N–H and O–H groups in total. The molecule has 1 rings (SSSR count). The zero-order valence-electron chi connectivity index (χ0n) is 10.1. The Morgan fingerprint density at radius 1 is 1.53 bits per heavy atom. The van der Waals surface area contributed by atoms with Gasteiger partial charge in [0.2, 0.25) is 0 Å². The highest BCUT2D eigenvalue weighted by Gasteiger charge is 2.13. The van der Waals surface area contributed by atoms with Crippen molar-refractivity contribution in [2.75, 3.05) is 14.2 Å². The SMILES string of the molecule is CON(C)C(=O)c1ccc(Br)c(COSP(I)I)c1. The Morgan fingerprint density at radius 2 is 2.21 bits per heavy atom. The highest BCUT2D eigenvalue weighted by Crippen LogP contribution is 2.65. The summed E-state index contributed by atoms with van der Waals surface area (Å²) >= 11 is 9.56. The van der Waals surface area contributed by atoms with E-state index in [0.717, 1.165) is 10.0 Å². The third kappa shape index (κ3) is 6.31. The summed E-state index contributed by atoms with van der Waals surface area (Å²) in [6, 6.07) is 5.41. The molecule has 0 aliphatic rings. The van der Waals surface area contributed by atoms with Crippen LogP contribution in [0.15, 0.2) is 22.7 Å². The maximum absolute atomic E-state index is 12.0. The maximum Gasteiger partial charge on any atom is 0.277 e. The molecule has 1 amide bonds. The minimum absolute atomic E-state index is 0.186. The van der Waals surface area contributed by atoms with E-state index in [1.54, 1.807) is 13.1 Å². The fourth-order valence-corrected chi connectivity index (χ4v) is 4.28.